The van der Waals surface area contributed by atoms with Crippen LogP contribution in [-0.4, -0.2) is 16.3 Å². The first-order valence-electron chi connectivity index (χ1n) is 5.60. The average Bonchev–Trinajstić information content (AvgIpc) is 2.29. The molecule has 0 aliphatic heterocycles. The van der Waals surface area contributed by atoms with Crippen LogP contribution < -0.4 is 0 Å². The van der Waals surface area contributed by atoms with Gasteiger partial charge in [-0.15, -0.1) is 0 Å². The summed E-state index contributed by atoms with van der Waals surface area (Å²) in [6, 6.07) is 2.02. The van der Waals surface area contributed by atoms with E-state index in [9.17, 15) is 4.79 Å². The van der Waals surface area contributed by atoms with E-state index in [0.717, 1.165) is 17.7 Å². The molecule has 1 aromatic rings. The van der Waals surface area contributed by atoms with Crippen LogP contribution in [0.3, 0.4) is 0 Å². The van der Waals surface area contributed by atoms with Gasteiger partial charge in [-0.2, -0.15) is 0 Å². The molecule has 2 rings (SSSR count). The molecule has 1 aliphatic carbocycles. The number of aldehydes is 1. The van der Waals surface area contributed by atoms with Gasteiger partial charge in [-0.05, 0) is 25.8 Å². The number of carbonyl (C=O) groups excluding carboxylic acids is 1. The minimum Gasteiger partial charge on any atom is -0.294 e. The Balaban J connectivity index is 2.25. The monoisotopic (exact) mass is 204 g/mol. The van der Waals surface area contributed by atoms with Crippen molar-refractivity contribution < 1.29 is 4.79 Å². The van der Waals surface area contributed by atoms with Crippen molar-refractivity contribution in [3.63, 3.8) is 0 Å². The molecular formula is C12H16N2O. The Morgan fingerprint density at radius 1 is 1.27 bits per heavy atom. The highest BCUT2D eigenvalue weighted by atomic mass is 16.1. The Morgan fingerprint density at radius 2 is 2.00 bits per heavy atom. The second-order valence-corrected chi connectivity index (χ2v) is 4.25. The lowest BCUT2D eigenvalue weighted by atomic mass is 9.86. The summed E-state index contributed by atoms with van der Waals surface area (Å²) in [5.74, 6) is 0.870. The highest BCUT2D eigenvalue weighted by molar-refractivity contribution is 5.68. The van der Waals surface area contributed by atoms with Crippen molar-refractivity contribution in [1.82, 2.24) is 9.97 Å². The fourth-order valence-corrected chi connectivity index (χ4v) is 2.28. The summed E-state index contributed by atoms with van der Waals surface area (Å²) in [5, 5.41) is 0. The SMILES string of the molecule is Cc1cc(C2CCCCC2)nc(C=O)n1. The highest BCUT2D eigenvalue weighted by Crippen LogP contribution is 2.31. The van der Waals surface area contributed by atoms with Gasteiger partial charge >= 0.3 is 0 Å². The van der Waals surface area contributed by atoms with Gasteiger partial charge in [-0.1, -0.05) is 19.3 Å². The molecule has 1 aliphatic rings. The Labute approximate surface area is 89.9 Å². The Hall–Kier alpha value is -1.25. The van der Waals surface area contributed by atoms with Crippen LogP contribution in [0.2, 0.25) is 0 Å². The molecule has 80 valence electrons. The second kappa shape index (κ2) is 4.51. The zero-order valence-electron chi connectivity index (χ0n) is 9.07. The molecule has 0 N–H and O–H groups in total. The summed E-state index contributed by atoms with van der Waals surface area (Å²) < 4.78 is 0. The van der Waals surface area contributed by atoms with Crippen molar-refractivity contribution in [2.45, 2.75) is 44.9 Å². The third-order valence-corrected chi connectivity index (χ3v) is 3.02. The summed E-state index contributed by atoms with van der Waals surface area (Å²) in [7, 11) is 0. The standard InChI is InChI=1S/C12H16N2O/c1-9-7-11(14-12(8-15)13-9)10-5-3-2-4-6-10/h7-8,10H,2-6H2,1H3. The molecule has 0 radical (unpaired) electrons. The molecule has 0 spiro atoms. The fourth-order valence-electron chi connectivity index (χ4n) is 2.28. The van der Waals surface area contributed by atoms with E-state index in [4.69, 9.17) is 0 Å². The number of nitrogens with zero attached hydrogens (tertiary/aromatic N) is 2. The zero-order valence-corrected chi connectivity index (χ0v) is 9.07. The second-order valence-electron chi connectivity index (χ2n) is 4.25. The zero-order chi connectivity index (χ0) is 10.7. The molecule has 1 aromatic heterocycles. The van der Waals surface area contributed by atoms with Crippen molar-refractivity contribution in [1.29, 1.82) is 0 Å². The van der Waals surface area contributed by atoms with E-state index in [-0.39, 0.29) is 0 Å². The van der Waals surface area contributed by atoms with Crippen molar-refractivity contribution in [2.24, 2.45) is 0 Å². The molecule has 3 heteroatoms. The summed E-state index contributed by atoms with van der Waals surface area (Å²) in [6.45, 7) is 1.92. The fraction of sp³-hybridized carbons (Fsp3) is 0.583. The molecule has 15 heavy (non-hydrogen) atoms. The Morgan fingerprint density at radius 3 is 2.67 bits per heavy atom. The first-order valence-corrected chi connectivity index (χ1v) is 5.60. The lowest BCUT2D eigenvalue weighted by Crippen LogP contribution is -2.09. The summed E-state index contributed by atoms with van der Waals surface area (Å²) in [4.78, 5) is 19.0. The third kappa shape index (κ3) is 2.41. The van der Waals surface area contributed by atoms with Gasteiger partial charge in [0.1, 0.15) is 0 Å². The molecule has 0 saturated heterocycles. The number of hydrogen-bond donors (Lipinski definition) is 0. The van der Waals surface area contributed by atoms with E-state index in [1.54, 1.807) is 0 Å². The maximum Gasteiger partial charge on any atom is 0.193 e. The number of hydrogen-bond acceptors (Lipinski definition) is 3. The molecule has 0 aromatic carbocycles. The molecule has 0 bridgehead atoms. The lowest BCUT2D eigenvalue weighted by Gasteiger charge is -2.21. The van der Waals surface area contributed by atoms with Gasteiger partial charge in [-0.3, -0.25) is 4.79 Å². The van der Waals surface area contributed by atoms with Gasteiger partial charge in [0, 0.05) is 17.3 Å². The molecule has 0 atom stereocenters. The number of aryl methyl sites for hydroxylation is 1. The Kier molecular flexibility index (Phi) is 3.09. The molecule has 1 heterocycles. The molecular weight excluding hydrogens is 188 g/mol. The van der Waals surface area contributed by atoms with Crippen LogP contribution in [0.5, 0.6) is 0 Å². The van der Waals surface area contributed by atoms with Gasteiger partial charge < -0.3 is 0 Å². The van der Waals surface area contributed by atoms with Crippen LogP contribution in [0.15, 0.2) is 6.07 Å². The van der Waals surface area contributed by atoms with E-state index in [1.165, 1.54) is 32.1 Å². The predicted octanol–water partition coefficient (Wildman–Crippen LogP) is 2.65. The normalized spacial score (nSPS) is 17.7. The quantitative estimate of drug-likeness (QED) is 0.695. The lowest BCUT2D eigenvalue weighted by molar-refractivity contribution is 0.111. The predicted molar refractivity (Wildman–Crippen MR) is 58.0 cm³/mol. The van der Waals surface area contributed by atoms with Gasteiger partial charge in [0.15, 0.2) is 12.1 Å². The van der Waals surface area contributed by atoms with Gasteiger partial charge in [0.2, 0.25) is 0 Å². The smallest absolute Gasteiger partial charge is 0.193 e. The summed E-state index contributed by atoms with van der Waals surface area (Å²) in [5.41, 5.74) is 1.96. The minimum atomic E-state index is 0.329. The van der Waals surface area contributed by atoms with Crippen molar-refractivity contribution in [3.05, 3.63) is 23.3 Å². The van der Waals surface area contributed by atoms with Crippen LogP contribution >= 0.6 is 0 Å². The Bertz CT molecular complexity index is 357. The molecule has 1 fully saturated rings. The molecule has 0 unspecified atom stereocenters. The number of aromatic nitrogens is 2. The van der Waals surface area contributed by atoms with E-state index < -0.39 is 0 Å². The number of rotatable bonds is 2. The first-order chi connectivity index (χ1) is 7.29. The van der Waals surface area contributed by atoms with Crippen LogP contribution in [0.4, 0.5) is 0 Å². The molecule has 0 amide bonds. The highest BCUT2D eigenvalue weighted by Gasteiger charge is 2.17. The van der Waals surface area contributed by atoms with E-state index in [2.05, 4.69) is 9.97 Å². The minimum absolute atomic E-state index is 0.329. The largest absolute Gasteiger partial charge is 0.294 e. The van der Waals surface area contributed by atoms with Crippen molar-refractivity contribution in [3.8, 4) is 0 Å². The van der Waals surface area contributed by atoms with E-state index in [1.807, 2.05) is 13.0 Å². The van der Waals surface area contributed by atoms with Gasteiger partial charge in [0.05, 0.1) is 0 Å². The van der Waals surface area contributed by atoms with Crippen LogP contribution in [0.1, 0.15) is 60.0 Å². The van der Waals surface area contributed by atoms with Crippen molar-refractivity contribution >= 4 is 6.29 Å². The number of carbonyl (C=O) groups is 1. The maximum absolute atomic E-state index is 10.7. The third-order valence-electron chi connectivity index (χ3n) is 3.02. The van der Waals surface area contributed by atoms with Gasteiger partial charge in [0.25, 0.3) is 0 Å². The average molecular weight is 204 g/mol. The molecule has 3 nitrogen and oxygen atoms in total. The van der Waals surface area contributed by atoms with Crippen LogP contribution in [-0.2, 0) is 0 Å². The summed E-state index contributed by atoms with van der Waals surface area (Å²) >= 11 is 0. The van der Waals surface area contributed by atoms with E-state index in [0.29, 0.717) is 11.7 Å². The van der Waals surface area contributed by atoms with Crippen LogP contribution in [0.25, 0.3) is 0 Å². The topological polar surface area (TPSA) is 42.9 Å². The maximum atomic E-state index is 10.7. The van der Waals surface area contributed by atoms with Crippen LogP contribution in [0, 0.1) is 6.92 Å². The van der Waals surface area contributed by atoms with Crippen molar-refractivity contribution in [2.75, 3.05) is 0 Å². The van der Waals surface area contributed by atoms with E-state index >= 15 is 0 Å². The molecule has 1 saturated carbocycles. The summed E-state index contributed by atoms with van der Waals surface area (Å²) in [6.07, 6.45) is 7.04. The van der Waals surface area contributed by atoms with Gasteiger partial charge in [-0.25, -0.2) is 9.97 Å². The first kappa shape index (κ1) is 10.3.